The molecule has 21 heavy (non-hydrogen) atoms. The highest BCUT2D eigenvalue weighted by Gasteiger charge is 2.30. The molecule has 2 fully saturated rings. The van der Waals surface area contributed by atoms with Crippen molar-refractivity contribution in [2.24, 2.45) is 0 Å². The molecule has 1 aromatic rings. The Morgan fingerprint density at radius 3 is 2.76 bits per heavy atom. The maximum absolute atomic E-state index is 12.4. The van der Waals surface area contributed by atoms with Crippen LogP contribution in [-0.2, 0) is 4.79 Å². The largest absolute Gasteiger partial charge is 0.336 e. The van der Waals surface area contributed by atoms with Gasteiger partial charge in [-0.1, -0.05) is 29.3 Å². The van der Waals surface area contributed by atoms with E-state index in [9.17, 15) is 4.79 Å². The van der Waals surface area contributed by atoms with Crippen molar-refractivity contribution in [1.29, 1.82) is 0 Å². The summed E-state index contributed by atoms with van der Waals surface area (Å²) in [4.78, 5) is 14.4. The molecule has 1 N–H and O–H groups in total. The Bertz CT molecular complexity index is 531. The van der Waals surface area contributed by atoms with Crippen molar-refractivity contribution in [3.05, 3.63) is 33.8 Å². The van der Waals surface area contributed by atoms with E-state index >= 15 is 0 Å². The minimum Gasteiger partial charge on any atom is -0.336 e. The van der Waals surface area contributed by atoms with Gasteiger partial charge in [-0.25, -0.2) is 0 Å². The lowest BCUT2D eigenvalue weighted by atomic mass is 10.0. The van der Waals surface area contributed by atoms with Crippen LogP contribution in [0.2, 0.25) is 10.0 Å². The van der Waals surface area contributed by atoms with Crippen molar-refractivity contribution in [2.45, 2.75) is 44.2 Å². The van der Waals surface area contributed by atoms with E-state index in [4.69, 9.17) is 23.2 Å². The summed E-state index contributed by atoms with van der Waals surface area (Å²) in [6.45, 7) is 1.63. The first-order valence-electron chi connectivity index (χ1n) is 7.63. The van der Waals surface area contributed by atoms with Crippen LogP contribution in [0.5, 0.6) is 0 Å². The van der Waals surface area contributed by atoms with Crippen LogP contribution in [0.1, 0.15) is 43.7 Å². The van der Waals surface area contributed by atoms with Gasteiger partial charge in [0.15, 0.2) is 0 Å². The van der Waals surface area contributed by atoms with E-state index in [0.717, 1.165) is 31.5 Å². The zero-order valence-electron chi connectivity index (χ0n) is 11.9. The van der Waals surface area contributed by atoms with Crippen molar-refractivity contribution in [3.63, 3.8) is 0 Å². The van der Waals surface area contributed by atoms with Crippen molar-refractivity contribution >= 4 is 29.1 Å². The van der Waals surface area contributed by atoms with E-state index in [2.05, 4.69) is 5.32 Å². The summed E-state index contributed by atoms with van der Waals surface area (Å²) in [5.41, 5.74) is 1.09. The molecule has 1 saturated carbocycles. The van der Waals surface area contributed by atoms with Crippen LogP contribution in [0.4, 0.5) is 0 Å². The second-order valence-corrected chi connectivity index (χ2v) is 6.71. The van der Waals surface area contributed by atoms with Gasteiger partial charge in [0.05, 0.1) is 16.1 Å². The topological polar surface area (TPSA) is 32.3 Å². The molecule has 2 aliphatic rings. The monoisotopic (exact) mass is 326 g/mol. The van der Waals surface area contributed by atoms with Crippen molar-refractivity contribution in [3.8, 4) is 0 Å². The molecule has 1 unspecified atom stereocenters. The van der Waals surface area contributed by atoms with Crippen LogP contribution >= 0.6 is 23.2 Å². The van der Waals surface area contributed by atoms with Gasteiger partial charge in [0.1, 0.15) is 0 Å². The van der Waals surface area contributed by atoms with Crippen molar-refractivity contribution in [1.82, 2.24) is 10.2 Å². The number of hydrogen-bond donors (Lipinski definition) is 1. The molecular formula is C16H20Cl2N2O. The van der Waals surface area contributed by atoms with Gasteiger partial charge in [-0.05, 0) is 43.4 Å². The third kappa shape index (κ3) is 3.71. The lowest BCUT2D eigenvalue weighted by molar-refractivity contribution is -0.132. The van der Waals surface area contributed by atoms with Crippen LogP contribution in [0.3, 0.4) is 0 Å². The van der Waals surface area contributed by atoms with Gasteiger partial charge in [-0.2, -0.15) is 0 Å². The van der Waals surface area contributed by atoms with Crippen LogP contribution in [-0.4, -0.2) is 29.9 Å². The van der Waals surface area contributed by atoms with E-state index < -0.39 is 0 Å². The lowest BCUT2D eigenvalue weighted by Gasteiger charge is -2.25. The lowest BCUT2D eigenvalue weighted by Crippen LogP contribution is -2.33. The number of benzene rings is 1. The number of nitrogens with zero attached hydrogens (tertiary/aromatic N) is 1. The summed E-state index contributed by atoms with van der Waals surface area (Å²) in [5.74, 6) is 0.233. The number of rotatable bonds is 5. The number of nitrogens with one attached hydrogen (secondary N) is 1. The summed E-state index contributed by atoms with van der Waals surface area (Å²) in [5, 5.41) is 4.52. The van der Waals surface area contributed by atoms with Crippen LogP contribution in [0.25, 0.3) is 0 Å². The minimum absolute atomic E-state index is 0.146. The maximum atomic E-state index is 12.4. The normalized spacial score (nSPS) is 21.8. The number of carbonyl (C=O) groups is 1. The van der Waals surface area contributed by atoms with E-state index in [-0.39, 0.29) is 11.9 Å². The van der Waals surface area contributed by atoms with Crippen molar-refractivity contribution in [2.75, 3.05) is 13.1 Å². The number of likely N-dealkylation sites (tertiary alicyclic amines) is 1. The Kier molecular flexibility index (Phi) is 4.72. The van der Waals surface area contributed by atoms with Crippen LogP contribution in [0, 0.1) is 0 Å². The summed E-state index contributed by atoms with van der Waals surface area (Å²) < 4.78 is 0. The molecule has 0 aromatic heterocycles. The molecule has 1 saturated heterocycles. The average molecular weight is 327 g/mol. The van der Waals surface area contributed by atoms with Crippen LogP contribution in [0.15, 0.2) is 18.2 Å². The van der Waals surface area contributed by atoms with Gasteiger partial charge in [-0.15, -0.1) is 0 Å². The average Bonchev–Trinajstić information content (AvgIpc) is 3.15. The molecule has 1 aliphatic carbocycles. The first kappa shape index (κ1) is 15.1. The predicted octanol–water partition coefficient (Wildman–Crippen LogP) is 3.80. The molecule has 5 heteroatoms. The highest BCUT2D eigenvalue weighted by molar-refractivity contribution is 6.42. The van der Waals surface area contributed by atoms with E-state index in [0.29, 0.717) is 22.5 Å². The molecule has 3 nitrogen and oxygen atoms in total. The Balaban J connectivity index is 1.63. The Labute approximate surface area is 135 Å². The predicted molar refractivity (Wildman–Crippen MR) is 85.8 cm³/mol. The first-order valence-corrected chi connectivity index (χ1v) is 8.38. The summed E-state index contributed by atoms with van der Waals surface area (Å²) in [6, 6.07) is 6.49. The third-order valence-corrected chi connectivity index (χ3v) is 4.99. The zero-order chi connectivity index (χ0) is 14.8. The molecular weight excluding hydrogens is 307 g/mol. The second kappa shape index (κ2) is 6.55. The minimum atomic E-state index is 0.146. The highest BCUT2D eigenvalue weighted by Crippen LogP contribution is 2.35. The van der Waals surface area contributed by atoms with Crippen molar-refractivity contribution < 1.29 is 4.79 Å². The molecule has 0 spiro atoms. The molecule has 1 aromatic carbocycles. The van der Waals surface area contributed by atoms with E-state index in [1.54, 1.807) is 0 Å². The fourth-order valence-electron chi connectivity index (χ4n) is 2.95. The fraction of sp³-hybridized carbons (Fsp3) is 0.562. The second-order valence-electron chi connectivity index (χ2n) is 5.90. The molecule has 3 rings (SSSR count). The summed E-state index contributed by atoms with van der Waals surface area (Å²) in [7, 11) is 0. The number of hydrogen-bond acceptors (Lipinski definition) is 2. The highest BCUT2D eigenvalue weighted by atomic mass is 35.5. The molecule has 0 radical (unpaired) electrons. The summed E-state index contributed by atoms with van der Waals surface area (Å²) in [6.07, 6.45) is 5.13. The van der Waals surface area contributed by atoms with Crippen LogP contribution < -0.4 is 5.32 Å². The molecule has 1 heterocycles. The Morgan fingerprint density at radius 2 is 2.05 bits per heavy atom. The van der Waals surface area contributed by atoms with Gasteiger partial charge in [0, 0.05) is 25.6 Å². The molecule has 114 valence electrons. The van der Waals surface area contributed by atoms with Gasteiger partial charge in [-0.3, -0.25) is 4.79 Å². The number of carbonyl (C=O) groups excluding carboxylic acids is 1. The zero-order valence-corrected chi connectivity index (χ0v) is 13.5. The standard InChI is InChI=1S/C16H20Cl2N2O/c17-13-6-3-11(10-14(13)18)15-2-1-9-20(15)16(21)7-8-19-12-4-5-12/h3,6,10,12,15,19H,1-2,4-5,7-9H2. The molecule has 1 amide bonds. The maximum Gasteiger partial charge on any atom is 0.224 e. The van der Waals surface area contributed by atoms with E-state index in [1.165, 1.54) is 12.8 Å². The quantitative estimate of drug-likeness (QED) is 0.892. The van der Waals surface area contributed by atoms with Gasteiger partial charge in [0.2, 0.25) is 5.91 Å². The number of halogens is 2. The smallest absolute Gasteiger partial charge is 0.224 e. The van der Waals surface area contributed by atoms with Gasteiger partial charge < -0.3 is 10.2 Å². The third-order valence-electron chi connectivity index (χ3n) is 4.25. The Morgan fingerprint density at radius 1 is 1.24 bits per heavy atom. The SMILES string of the molecule is O=C(CCNC1CC1)N1CCCC1c1ccc(Cl)c(Cl)c1. The summed E-state index contributed by atoms with van der Waals surface area (Å²) >= 11 is 12.1. The number of amides is 1. The molecule has 0 bridgehead atoms. The Hall–Kier alpha value is -0.770. The first-order chi connectivity index (χ1) is 10.1. The fourth-order valence-corrected chi connectivity index (χ4v) is 3.25. The molecule has 1 atom stereocenters. The molecule has 1 aliphatic heterocycles. The van der Waals surface area contributed by atoms with E-state index in [1.807, 2.05) is 23.1 Å². The van der Waals surface area contributed by atoms with Gasteiger partial charge >= 0.3 is 0 Å². The van der Waals surface area contributed by atoms with Gasteiger partial charge in [0.25, 0.3) is 0 Å².